The van der Waals surface area contributed by atoms with Crippen LogP contribution in [0, 0.1) is 17.2 Å². The lowest BCUT2D eigenvalue weighted by Gasteiger charge is -2.16. The molecule has 0 aromatic heterocycles. The van der Waals surface area contributed by atoms with Gasteiger partial charge < -0.3 is 15.8 Å². The summed E-state index contributed by atoms with van der Waals surface area (Å²) < 4.78 is 5.51. The molecule has 1 aliphatic rings. The van der Waals surface area contributed by atoms with Crippen LogP contribution in [0.4, 0.5) is 11.4 Å². The summed E-state index contributed by atoms with van der Waals surface area (Å²) in [5.41, 5.74) is 7.97. The summed E-state index contributed by atoms with van der Waals surface area (Å²) in [6.07, 6.45) is 1.40. The van der Waals surface area contributed by atoms with E-state index in [1.807, 2.05) is 6.07 Å². The highest BCUT2D eigenvalue weighted by Gasteiger charge is 2.23. The average Bonchev–Trinajstić information content (AvgIpc) is 2.73. The quantitative estimate of drug-likeness (QED) is 0.780. The smallest absolute Gasteiger partial charge is 0.0992 e. The zero-order valence-electron chi connectivity index (χ0n) is 9.94. The third-order valence-corrected chi connectivity index (χ3v) is 3.27. The van der Waals surface area contributed by atoms with E-state index in [4.69, 9.17) is 15.7 Å². The van der Waals surface area contributed by atoms with E-state index in [0.29, 0.717) is 23.3 Å². The first-order valence-corrected chi connectivity index (χ1v) is 5.86. The third kappa shape index (κ3) is 2.69. The van der Waals surface area contributed by atoms with Gasteiger partial charge in [0, 0.05) is 19.1 Å². The number of nitrogen functional groups attached to an aromatic ring is 1. The highest BCUT2D eigenvalue weighted by Crippen LogP contribution is 2.24. The summed E-state index contributed by atoms with van der Waals surface area (Å²) in [6, 6.07) is 7.39. The van der Waals surface area contributed by atoms with Gasteiger partial charge in [-0.1, -0.05) is 0 Å². The summed E-state index contributed by atoms with van der Waals surface area (Å²) in [4.78, 5) is 0. The van der Waals surface area contributed by atoms with E-state index in [9.17, 15) is 0 Å². The van der Waals surface area contributed by atoms with Gasteiger partial charge in [0.05, 0.1) is 29.1 Å². The first kappa shape index (κ1) is 11.7. The van der Waals surface area contributed by atoms with Gasteiger partial charge in [0.2, 0.25) is 0 Å². The highest BCUT2D eigenvalue weighted by molar-refractivity contribution is 5.68. The Balaban J connectivity index is 1.97. The molecule has 1 saturated heterocycles. The lowest BCUT2D eigenvalue weighted by molar-refractivity contribution is 0.108. The van der Waals surface area contributed by atoms with Crippen LogP contribution < -0.4 is 11.1 Å². The Morgan fingerprint density at radius 2 is 2.41 bits per heavy atom. The number of hydrogen-bond acceptors (Lipinski definition) is 4. The molecule has 17 heavy (non-hydrogen) atoms. The van der Waals surface area contributed by atoms with Crippen LogP contribution in [0.25, 0.3) is 0 Å². The molecule has 0 saturated carbocycles. The second-order valence-corrected chi connectivity index (χ2v) is 4.42. The van der Waals surface area contributed by atoms with Gasteiger partial charge in [-0.25, -0.2) is 0 Å². The van der Waals surface area contributed by atoms with Crippen molar-refractivity contribution >= 4 is 11.4 Å². The number of rotatable bonds is 3. The zero-order valence-corrected chi connectivity index (χ0v) is 9.94. The maximum absolute atomic E-state index is 8.75. The fourth-order valence-electron chi connectivity index (χ4n) is 2.08. The maximum atomic E-state index is 8.75. The minimum absolute atomic E-state index is 0.308. The van der Waals surface area contributed by atoms with Crippen LogP contribution in [-0.4, -0.2) is 19.3 Å². The molecule has 4 nitrogen and oxygen atoms in total. The van der Waals surface area contributed by atoms with E-state index in [2.05, 4.69) is 18.3 Å². The van der Waals surface area contributed by atoms with E-state index in [-0.39, 0.29) is 0 Å². The Morgan fingerprint density at radius 1 is 1.59 bits per heavy atom. The van der Waals surface area contributed by atoms with Crippen LogP contribution in [0.1, 0.15) is 18.9 Å². The maximum Gasteiger partial charge on any atom is 0.0992 e. The molecule has 4 heteroatoms. The van der Waals surface area contributed by atoms with Crippen molar-refractivity contribution in [3.8, 4) is 6.07 Å². The van der Waals surface area contributed by atoms with Crippen LogP contribution in [0.15, 0.2) is 18.2 Å². The molecule has 0 radical (unpaired) electrons. The molecule has 1 aromatic rings. The molecular weight excluding hydrogens is 214 g/mol. The molecule has 2 atom stereocenters. The molecule has 1 fully saturated rings. The van der Waals surface area contributed by atoms with Crippen molar-refractivity contribution in [3.63, 3.8) is 0 Å². The molecule has 0 amide bonds. The average molecular weight is 231 g/mol. The Kier molecular flexibility index (Phi) is 3.50. The molecule has 2 unspecified atom stereocenters. The lowest BCUT2D eigenvalue weighted by Crippen LogP contribution is -2.21. The molecule has 0 bridgehead atoms. The van der Waals surface area contributed by atoms with E-state index in [0.717, 1.165) is 25.3 Å². The van der Waals surface area contributed by atoms with Crippen molar-refractivity contribution in [1.82, 2.24) is 0 Å². The molecule has 0 spiro atoms. The molecule has 0 aliphatic carbocycles. The number of anilines is 2. The second-order valence-electron chi connectivity index (χ2n) is 4.42. The number of hydrogen-bond donors (Lipinski definition) is 2. The van der Waals surface area contributed by atoms with Crippen LogP contribution >= 0.6 is 0 Å². The van der Waals surface area contributed by atoms with Crippen molar-refractivity contribution in [2.24, 2.45) is 5.92 Å². The summed E-state index contributed by atoms with van der Waals surface area (Å²) >= 11 is 0. The van der Waals surface area contributed by atoms with Gasteiger partial charge in [0.25, 0.3) is 0 Å². The SMILES string of the molecule is CC1OCCC1CNc1ccc(C#N)cc1N. The topological polar surface area (TPSA) is 71.1 Å². The van der Waals surface area contributed by atoms with E-state index < -0.39 is 0 Å². The van der Waals surface area contributed by atoms with Crippen molar-refractivity contribution in [2.45, 2.75) is 19.4 Å². The summed E-state index contributed by atoms with van der Waals surface area (Å²) in [7, 11) is 0. The number of nitrogens with two attached hydrogens (primary N) is 1. The molecule has 1 aromatic carbocycles. The fraction of sp³-hybridized carbons (Fsp3) is 0.462. The zero-order chi connectivity index (χ0) is 12.3. The monoisotopic (exact) mass is 231 g/mol. The first-order chi connectivity index (χ1) is 8.20. The van der Waals surface area contributed by atoms with Gasteiger partial charge in [0.15, 0.2) is 0 Å². The highest BCUT2D eigenvalue weighted by atomic mass is 16.5. The molecule has 2 rings (SSSR count). The fourth-order valence-corrected chi connectivity index (χ4v) is 2.08. The van der Waals surface area contributed by atoms with E-state index >= 15 is 0 Å². The number of ether oxygens (including phenoxy) is 1. The van der Waals surface area contributed by atoms with E-state index in [1.54, 1.807) is 12.1 Å². The van der Waals surface area contributed by atoms with Crippen LogP contribution in [-0.2, 0) is 4.74 Å². The molecule has 1 heterocycles. The summed E-state index contributed by atoms with van der Waals surface area (Å²) in [5, 5.41) is 12.1. The van der Waals surface area contributed by atoms with Crippen LogP contribution in [0.3, 0.4) is 0 Å². The standard InChI is InChI=1S/C13H17N3O/c1-9-11(4-5-17-9)8-16-13-3-2-10(7-14)6-12(13)15/h2-3,6,9,11,16H,4-5,8,15H2,1H3. The largest absolute Gasteiger partial charge is 0.397 e. The van der Waals surface area contributed by atoms with Crippen LogP contribution in [0.5, 0.6) is 0 Å². The van der Waals surface area contributed by atoms with Gasteiger partial charge >= 0.3 is 0 Å². The van der Waals surface area contributed by atoms with Gasteiger partial charge in [-0.3, -0.25) is 0 Å². The van der Waals surface area contributed by atoms with Gasteiger partial charge in [-0.15, -0.1) is 0 Å². The number of benzene rings is 1. The lowest BCUT2D eigenvalue weighted by atomic mass is 10.0. The minimum Gasteiger partial charge on any atom is -0.397 e. The number of nitrogens with one attached hydrogen (secondary N) is 1. The molecular formula is C13H17N3O. The summed E-state index contributed by atoms with van der Waals surface area (Å²) in [5.74, 6) is 0.532. The third-order valence-electron chi connectivity index (χ3n) is 3.27. The Bertz CT molecular complexity index is 439. The van der Waals surface area contributed by atoms with Crippen molar-refractivity contribution in [2.75, 3.05) is 24.2 Å². The number of nitriles is 1. The van der Waals surface area contributed by atoms with Gasteiger partial charge in [0.1, 0.15) is 0 Å². The Hall–Kier alpha value is -1.73. The first-order valence-electron chi connectivity index (χ1n) is 5.86. The van der Waals surface area contributed by atoms with Crippen molar-refractivity contribution in [3.05, 3.63) is 23.8 Å². The molecule has 1 aliphatic heterocycles. The van der Waals surface area contributed by atoms with E-state index in [1.165, 1.54) is 0 Å². The van der Waals surface area contributed by atoms with Crippen molar-refractivity contribution < 1.29 is 4.74 Å². The Labute approximate surface area is 101 Å². The van der Waals surface area contributed by atoms with Crippen molar-refractivity contribution in [1.29, 1.82) is 5.26 Å². The second kappa shape index (κ2) is 5.07. The minimum atomic E-state index is 0.308. The molecule has 3 N–H and O–H groups in total. The number of nitrogens with zero attached hydrogens (tertiary/aromatic N) is 1. The predicted molar refractivity (Wildman–Crippen MR) is 67.6 cm³/mol. The predicted octanol–water partition coefficient (Wildman–Crippen LogP) is 1.98. The van der Waals surface area contributed by atoms with Gasteiger partial charge in [-0.05, 0) is 31.5 Å². The normalized spacial score (nSPS) is 23.3. The Morgan fingerprint density at radius 3 is 3.00 bits per heavy atom. The van der Waals surface area contributed by atoms with Crippen LogP contribution in [0.2, 0.25) is 0 Å². The summed E-state index contributed by atoms with van der Waals surface area (Å²) in [6.45, 7) is 3.80. The van der Waals surface area contributed by atoms with Gasteiger partial charge in [-0.2, -0.15) is 5.26 Å². The molecule has 90 valence electrons.